The standard InChI is InChI=1S/C14H17F3N2O2/c1-21-12-7-3-2-6-11(12)18-13(20)19-8-4-5-10(9-19)14(15,16)17/h2-3,6-7,10H,4-5,8-9H2,1H3,(H,18,20)/t10-/m0/s1. The van der Waals surface area contributed by atoms with E-state index in [-0.39, 0.29) is 13.0 Å². The number of carbonyl (C=O) groups excluding carboxylic acids is 1. The summed E-state index contributed by atoms with van der Waals surface area (Å²) >= 11 is 0. The molecule has 1 aromatic carbocycles. The van der Waals surface area contributed by atoms with Crippen LogP contribution in [0.5, 0.6) is 5.75 Å². The fourth-order valence-corrected chi connectivity index (χ4v) is 2.37. The summed E-state index contributed by atoms with van der Waals surface area (Å²) in [6.07, 6.45) is -3.84. The highest BCUT2D eigenvalue weighted by atomic mass is 19.4. The van der Waals surface area contributed by atoms with Gasteiger partial charge in [0, 0.05) is 13.1 Å². The Labute approximate surface area is 120 Å². The molecule has 7 heteroatoms. The molecule has 2 amide bonds. The first-order chi connectivity index (χ1) is 9.91. The van der Waals surface area contributed by atoms with Crippen LogP contribution in [0.2, 0.25) is 0 Å². The normalized spacial score (nSPS) is 19.2. The van der Waals surface area contributed by atoms with Gasteiger partial charge in [-0.1, -0.05) is 12.1 Å². The lowest BCUT2D eigenvalue weighted by Crippen LogP contribution is -2.46. The number of carbonyl (C=O) groups is 1. The molecule has 1 N–H and O–H groups in total. The molecule has 0 radical (unpaired) electrons. The van der Waals surface area contributed by atoms with E-state index < -0.39 is 18.1 Å². The second-order valence-electron chi connectivity index (χ2n) is 4.96. The van der Waals surface area contributed by atoms with Gasteiger partial charge in [0.05, 0.1) is 18.7 Å². The summed E-state index contributed by atoms with van der Waals surface area (Å²) in [7, 11) is 1.46. The van der Waals surface area contributed by atoms with Gasteiger partial charge in [-0.3, -0.25) is 0 Å². The molecule has 1 aliphatic heterocycles. The molecule has 21 heavy (non-hydrogen) atoms. The fourth-order valence-electron chi connectivity index (χ4n) is 2.37. The first-order valence-electron chi connectivity index (χ1n) is 6.67. The number of amides is 2. The van der Waals surface area contributed by atoms with E-state index in [0.717, 1.165) is 0 Å². The molecule has 0 saturated carbocycles. The average molecular weight is 302 g/mol. The van der Waals surface area contributed by atoms with Crippen LogP contribution in [0.4, 0.5) is 23.7 Å². The Kier molecular flexibility index (Phi) is 4.59. The van der Waals surface area contributed by atoms with Crippen LogP contribution in [0.1, 0.15) is 12.8 Å². The number of nitrogens with one attached hydrogen (secondary N) is 1. The summed E-state index contributed by atoms with van der Waals surface area (Å²) < 4.78 is 43.3. The van der Waals surface area contributed by atoms with Gasteiger partial charge in [-0.15, -0.1) is 0 Å². The number of para-hydroxylation sites is 2. The number of methoxy groups -OCH3 is 1. The lowest BCUT2D eigenvalue weighted by Gasteiger charge is -2.33. The summed E-state index contributed by atoms with van der Waals surface area (Å²) in [4.78, 5) is 13.3. The fraction of sp³-hybridized carbons (Fsp3) is 0.500. The van der Waals surface area contributed by atoms with Gasteiger partial charge in [-0.25, -0.2) is 4.79 Å². The van der Waals surface area contributed by atoms with Crippen molar-refractivity contribution in [3.63, 3.8) is 0 Å². The highest BCUT2D eigenvalue weighted by molar-refractivity contribution is 5.91. The van der Waals surface area contributed by atoms with Crippen LogP contribution in [0.3, 0.4) is 0 Å². The molecular weight excluding hydrogens is 285 g/mol. The maximum atomic E-state index is 12.7. The maximum absolute atomic E-state index is 12.7. The van der Waals surface area contributed by atoms with Crippen LogP contribution in [0.25, 0.3) is 0 Å². The van der Waals surface area contributed by atoms with E-state index in [1.807, 2.05) is 0 Å². The second kappa shape index (κ2) is 6.24. The number of alkyl halides is 3. The van der Waals surface area contributed by atoms with Gasteiger partial charge in [-0.2, -0.15) is 13.2 Å². The molecule has 2 rings (SSSR count). The number of hydrogen-bond donors (Lipinski definition) is 1. The van der Waals surface area contributed by atoms with E-state index in [1.165, 1.54) is 12.0 Å². The molecule has 4 nitrogen and oxygen atoms in total. The number of benzene rings is 1. The number of nitrogens with zero attached hydrogens (tertiary/aromatic N) is 1. The number of hydrogen-bond acceptors (Lipinski definition) is 2. The van der Waals surface area contributed by atoms with Crippen LogP contribution >= 0.6 is 0 Å². The molecular formula is C14H17F3N2O2. The molecule has 1 aliphatic rings. The van der Waals surface area contributed by atoms with E-state index in [2.05, 4.69) is 5.32 Å². The molecule has 1 atom stereocenters. The van der Waals surface area contributed by atoms with E-state index in [0.29, 0.717) is 24.4 Å². The molecule has 0 aromatic heterocycles. The Hall–Kier alpha value is -1.92. The summed E-state index contributed by atoms with van der Waals surface area (Å²) in [5.74, 6) is -0.982. The summed E-state index contributed by atoms with van der Waals surface area (Å²) in [5, 5.41) is 2.60. The van der Waals surface area contributed by atoms with Crippen molar-refractivity contribution >= 4 is 11.7 Å². The molecule has 0 aliphatic carbocycles. The monoisotopic (exact) mass is 302 g/mol. The lowest BCUT2D eigenvalue weighted by molar-refractivity contribution is -0.183. The number of rotatable bonds is 2. The van der Waals surface area contributed by atoms with E-state index in [4.69, 9.17) is 4.74 Å². The van der Waals surface area contributed by atoms with Gasteiger partial charge in [0.15, 0.2) is 0 Å². The third-order valence-electron chi connectivity index (χ3n) is 3.52. The lowest BCUT2D eigenvalue weighted by atomic mass is 9.98. The van der Waals surface area contributed by atoms with Crippen LogP contribution in [-0.2, 0) is 0 Å². The zero-order valence-corrected chi connectivity index (χ0v) is 11.6. The molecule has 0 unspecified atom stereocenters. The van der Waals surface area contributed by atoms with Gasteiger partial charge >= 0.3 is 12.2 Å². The second-order valence-corrected chi connectivity index (χ2v) is 4.96. The van der Waals surface area contributed by atoms with Crippen LogP contribution in [-0.4, -0.2) is 37.3 Å². The quantitative estimate of drug-likeness (QED) is 0.908. The predicted molar refractivity (Wildman–Crippen MR) is 72.4 cm³/mol. The number of likely N-dealkylation sites (tertiary alicyclic amines) is 1. The topological polar surface area (TPSA) is 41.6 Å². The van der Waals surface area contributed by atoms with Crippen LogP contribution in [0, 0.1) is 5.92 Å². The van der Waals surface area contributed by atoms with Crippen molar-refractivity contribution in [2.75, 3.05) is 25.5 Å². The Morgan fingerprint density at radius 2 is 2.10 bits per heavy atom. The molecule has 116 valence electrons. The highest BCUT2D eigenvalue weighted by Crippen LogP contribution is 2.33. The third kappa shape index (κ3) is 3.80. The first kappa shape index (κ1) is 15.5. The van der Waals surface area contributed by atoms with Crippen molar-refractivity contribution in [1.29, 1.82) is 0 Å². The minimum atomic E-state index is -4.26. The number of ether oxygens (including phenoxy) is 1. The maximum Gasteiger partial charge on any atom is 0.393 e. The van der Waals surface area contributed by atoms with E-state index in [1.54, 1.807) is 24.3 Å². The minimum Gasteiger partial charge on any atom is -0.495 e. The molecule has 1 aromatic rings. The molecule has 1 heterocycles. The largest absolute Gasteiger partial charge is 0.495 e. The Morgan fingerprint density at radius 1 is 1.38 bits per heavy atom. The first-order valence-corrected chi connectivity index (χ1v) is 6.67. The minimum absolute atomic E-state index is 0.0714. The Morgan fingerprint density at radius 3 is 2.76 bits per heavy atom. The zero-order valence-electron chi connectivity index (χ0n) is 11.6. The average Bonchev–Trinajstić information content (AvgIpc) is 2.47. The predicted octanol–water partition coefficient (Wildman–Crippen LogP) is 3.50. The molecule has 0 spiro atoms. The molecule has 1 saturated heterocycles. The summed E-state index contributed by atoms with van der Waals surface area (Å²) in [6, 6.07) is 6.24. The smallest absolute Gasteiger partial charge is 0.393 e. The zero-order chi connectivity index (χ0) is 15.5. The Bertz CT molecular complexity index is 505. The summed E-state index contributed by atoms with van der Waals surface area (Å²) in [6.45, 7) is 0.0258. The van der Waals surface area contributed by atoms with Crippen LogP contribution in [0.15, 0.2) is 24.3 Å². The SMILES string of the molecule is COc1ccccc1NC(=O)N1CCC[C@H](C(F)(F)F)C1. The van der Waals surface area contributed by atoms with Gasteiger partial charge < -0.3 is 15.0 Å². The van der Waals surface area contributed by atoms with Crippen molar-refractivity contribution in [3.8, 4) is 5.75 Å². The summed E-state index contributed by atoms with van der Waals surface area (Å²) in [5.41, 5.74) is 0.444. The van der Waals surface area contributed by atoms with Crippen molar-refractivity contribution in [3.05, 3.63) is 24.3 Å². The number of anilines is 1. The van der Waals surface area contributed by atoms with Gasteiger partial charge in [0.1, 0.15) is 5.75 Å². The Balaban J connectivity index is 2.03. The number of urea groups is 1. The van der Waals surface area contributed by atoms with Crippen molar-refractivity contribution in [2.45, 2.75) is 19.0 Å². The highest BCUT2D eigenvalue weighted by Gasteiger charge is 2.42. The van der Waals surface area contributed by atoms with Crippen molar-refractivity contribution in [1.82, 2.24) is 4.90 Å². The van der Waals surface area contributed by atoms with Crippen LogP contribution < -0.4 is 10.1 Å². The van der Waals surface area contributed by atoms with Crippen molar-refractivity contribution in [2.24, 2.45) is 5.92 Å². The van der Waals surface area contributed by atoms with Gasteiger partial charge in [0.2, 0.25) is 0 Å². The van der Waals surface area contributed by atoms with Gasteiger partial charge in [0.25, 0.3) is 0 Å². The van der Waals surface area contributed by atoms with Crippen molar-refractivity contribution < 1.29 is 22.7 Å². The molecule has 1 fully saturated rings. The van der Waals surface area contributed by atoms with E-state index in [9.17, 15) is 18.0 Å². The third-order valence-corrected chi connectivity index (χ3v) is 3.52. The molecule has 0 bridgehead atoms. The van der Waals surface area contributed by atoms with Gasteiger partial charge in [-0.05, 0) is 25.0 Å². The number of halogens is 3. The number of piperidine rings is 1. The van der Waals surface area contributed by atoms with E-state index >= 15 is 0 Å².